The average molecular weight is 415 g/mol. The lowest BCUT2D eigenvalue weighted by Crippen LogP contribution is -2.20. The minimum Gasteiger partial charge on any atom is -0.461 e. The lowest BCUT2D eigenvalue weighted by Gasteiger charge is -2.15. The van der Waals surface area contributed by atoms with Crippen LogP contribution in [0.5, 0.6) is 0 Å². The predicted molar refractivity (Wildman–Crippen MR) is 120 cm³/mol. The van der Waals surface area contributed by atoms with Gasteiger partial charge in [-0.3, -0.25) is 4.79 Å². The summed E-state index contributed by atoms with van der Waals surface area (Å²) < 4.78 is 10.9. The molecule has 0 bridgehead atoms. The standard InChI is InChI=1S/C27H26O4/c1-2-10-24(26(28)30-19-21-11-5-3-6-12-21)17-23-15-9-16-25(18-23)27(29)31-20-22-13-7-4-8-14-22/h2-9,11-16,18,24H,1,10,17,19-20H2. The Morgan fingerprint density at radius 1 is 0.774 bits per heavy atom. The first-order chi connectivity index (χ1) is 15.2. The lowest BCUT2D eigenvalue weighted by molar-refractivity contribution is -0.149. The Hall–Kier alpha value is -3.66. The van der Waals surface area contributed by atoms with E-state index in [0.29, 0.717) is 18.4 Å². The van der Waals surface area contributed by atoms with E-state index in [1.54, 1.807) is 24.3 Å². The van der Waals surface area contributed by atoms with Crippen LogP contribution in [0, 0.1) is 5.92 Å². The van der Waals surface area contributed by atoms with Gasteiger partial charge in [-0.05, 0) is 41.7 Å². The van der Waals surface area contributed by atoms with Crippen molar-refractivity contribution < 1.29 is 19.1 Å². The minimum absolute atomic E-state index is 0.217. The smallest absolute Gasteiger partial charge is 0.338 e. The van der Waals surface area contributed by atoms with E-state index in [1.807, 2.05) is 66.7 Å². The Morgan fingerprint density at radius 3 is 1.97 bits per heavy atom. The zero-order valence-electron chi connectivity index (χ0n) is 17.4. The molecule has 0 radical (unpaired) electrons. The number of carbonyl (C=O) groups excluding carboxylic acids is 2. The summed E-state index contributed by atoms with van der Waals surface area (Å²) in [5.41, 5.74) is 3.21. The van der Waals surface area contributed by atoms with E-state index in [0.717, 1.165) is 16.7 Å². The molecule has 0 spiro atoms. The number of allylic oxidation sites excluding steroid dienone is 1. The summed E-state index contributed by atoms with van der Waals surface area (Å²) >= 11 is 0. The molecule has 3 aromatic rings. The summed E-state index contributed by atoms with van der Waals surface area (Å²) in [5.74, 6) is -1.03. The zero-order valence-corrected chi connectivity index (χ0v) is 17.4. The monoisotopic (exact) mass is 414 g/mol. The van der Waals surface area contributed by atoms with Crippen LogP contribution in [-0.2, 0) is 33.9 Å². The van der Waals surface area contributed by atoms with E-state index >= 15 is 0 Å². The molecule has 4 nitrogen and oxygen atoms in total. The zero-order chi connectivity index (χ0) is 21.9. The molecule has 0 aliphatic heterocycles. The molecule has 0 saturated heterocycles. The summed E-state index contributed by atoms with van der Waals surface area (Å²) in [4.78, 5) is 25.1. The van der Waals surface area contributed by atoms with Crippen molar-refractivity contribution in [3.8, 4) is 0 Å². The molecular formula is C27H26O4. The number of esters is 2. The van der Waals surface area contributed by atoms with E-state index in [-0.39, 0.29) is 25.1 Å². The van der Waals surface area contributed by atoms with Gasteiger partial charge in [0.1, 0.15) is 13.2 Å². The highest BCUT2D eigenvalue weighted by atomic mass is 16.5. The van der Waals surface area contributed by atoms with Crippen LogP contribution < -0.4 is 0 Å². The number of hydrogen-bond acceptors (Lipinski definition) is 4. The van der Waals surface area contributed by atoms with E-state index in [4.69, 9.17) is 9.47 Å². The maximum absolute atomic E-state index is 12.6. The van der Waals surface area contributed by atoms with Gasteiger partial charge in [0, 0.05) is 0 Å². The number of rotatable bonds is 10. The Balaban J connectivity index is 1.60. The molecule has 0 N–H and O–H groups in total. The Kier molecular flexibility index (Phi) is 8.18. The predicted octanol–water partition coefficient (Wildman–Crippen LogP) is 5.52. The van der Waals surface area contributed by atoms with Gasteiger partial charge in [-0.15, -0.1) is 6.58 Å². The molecule has 0 aliphatic carbocycles. The number of hydrogen-bond donors (Lipinski definition) is 0. The first-order valence-corrected chi connectivity index (χ1v) is 10.3. The number of carbonyl (C=O) groups is 2. The van der Waals surface area contributed by atoms with Gasteiger partial charge in [0.2, 0.25) is 0 Å². The number of benzene rings is 3. The SMILES string of the molecule is C=CCC(Cc1cccc(C(=O)OCc2ccccc2)c1)C(=O)OCc1ccccc1. The van der Waals surface area contributed by atoms with Crippen LogP contribution in [0.25, 0.3) is 0 Å². The highest BCUT2D eigenvalue weighted by molar-refractivity contribution is 5.89. The largest absolute Gasteiger partial charge is 0.461 e. The van der Waals surface area contributed by atoms with Gasteiger partial charge in [-0.25, -0.2) is 4.79 Å². The lowest BCUT2D eigenvalue weighted by atomic mass is 9.95. The third kappa shape index (κ3) is 6.96. The fourth-order valence-corrected chi connectivity index (χ4v) is 3.23. The van der Waals surface area contributed by atoms with Gasteiger partial charge >= 0.3 is 11.9 Å². The van der Waals surface area contributed by atoms with E-state index in [2.05, 4.69) is 6.58 Å². The van der Waals surface area contributed by atoms with Crippen LogP contribution in [0.2, 0.25) is 0 Å². The van der Waals surface area contributed by atoms with Crippen LogP contribution in [0.3, 0.4) is 0 Å². The maximum atomic E-state index is 12.6. The van der Waals surface area contributed by atoms with Crippen molar-refractivity contribution in [3.05, 3.63) is 120 Å². The van der Waals surface area contributed by atoms with Gasteiger partial charge in [-0.2, -0.15) is 0 Å². The maximum Gasteiger partial charge on any atom is 0.338 e. The molecule has 1 unspecified atom stereocenters. The van der Waals surface area contributed by atoms with Crippen molar-refractivity contribution in [1.82, 2.24) is 0 Å². The molecular weight excluding hydrogens is 388 g/mol. The average Bonchev–Trinajstić information content (AvgIpc) is 2.82. The summed E-state index contributed by atoms with van der Waals surface area (Å²) in [6.45, 7) is 4.21. The van der Waals surface area contributed by atoms with Crippen LogP contribution in [0.15, 0.2) is 97.6 Å². The topological polar surface area (TPSA) is 52.6 Å². The van der Waals surface area contributed by atoms with E-state index < -0.39 is 5.97 Å². The second kappa shape index (κ2) is 11.5. The van der Waals surface area contributed by atoms with Gasteiger partial charge < -0.3 is 9.47 Å². The second-order valence-electron chi connectivity index (χ2n) is 7.28. The fourth-order valence-electron chi connectivity index (χ4n) is 3.23. The third-order valence-corrected chi connectivity index (χ3v) is 4.87. The van der Waals surface area contributed by atoms with Crippen molar-refractivity contribution in [2.45, 2.75) is 26.1 Å². The van der Waals surface area contributed by atoms with Crippen molar-refractivity contribution in [3.63, 3.8) is 0 Å². The quantitative estimate of drug-likeness (QED) is 0.324. The first kappa shape index (κ1) is 22.0. The summed E-state index contributed by atoms with van der Waals surface area (Å²) in [5, 5.41) is 0. The van der Waals surface area contributed by atoms with E-state index in [9.17, 15) is 9.59 Å². The number of ether oxygens (including phenoxy) is 2. The normalized spacial score (nSPS) is 11.4. The van der Waals surface area contributed by atoms with E-state index in [1.165, 1.54) is 0 Å². The Labute approximate surface area is 183 Å². The molecule has 158 valence electrons. The molecule has 0 aromatic heterocycles. The van der Waals surface area contributed by atoms with Gasteiger partial charge in [-0.1, -0.05) is 78.9 Å². The fraction of sp³-hybridized carbons (Fsp3) is 0.185. The molecule has 31 heavy (non-hydrogen) atoms. The molecule has 0 fully saturated rings. The Bertz CT molecular complexity index is 996. The van der Waals surface area contributed by atoms with Crippen LogP contribution in [0.1, 0.15) is 33.5 Å². The molecule has 0 amide bonds. The molecule has 1 atom stereocenters. The van der Waals surface area contributed by atoms with Crippen LogP contribution >= 0.6 is 0 Å². The van der Waals surface area contributed by atoms with Gasteiger partial charge in [0.05, 0.1) is 11.5 Å². The second-order valence-corrected chi connectivity index (χ2v) is 7.28. The first-order valence-electron chi connectivity index (χ1n) is 10.3. The van der Waals surface area contributed by atoms with Crippen molar-refractivity contribution in [1.29, 1.82) is 0 Å². The summed E-state index contributed by atoms with van der Waals surface area (Å²) in [6, 6.07) is 26.3. The molecule has 0 saturated carbocycles. The third-order valence-electron chi connectivity index (χ3n) is 4.87. The highest BCUT2D eigenvalue weighted by Gasteiger charge is 2.20. The van der Waals surface area contributed by atoms with Crippen molar-refractivity contribution >= 4 is 11.9 Å². The van der Waals surface area contributed by atoms with Crippen molar-refractivity contribution in [2.75, 3.05) is 0 Å². The molecule has 4 heteroatoms. The summed E-state index contributed by atoms with van der Waals surface area (Å²) in [7, 11) is 0. The Morgan fingerprint density at radius 2 is 1.35 bits per heavy atom. The van der Waals surface area contributed by atoms with Crippen LogP contribution in [0.4, 0.5) is 0 Å². The molecule has 3 aromatic carbocycles. The highest BCUT2D eigenvalue weighted by Crippen LogP contribution is 2.18. The van der Waals surface area contributed by atoms with Gasteiger partial charge in [0.15, 0.2) is 0 Å². The van der Waals surface area contributed by atoms with Crippen molar-refractivity contribution in [2.24, 2.45) is 5.92 Å². The summed E-state index contributed by atoms with van der Waals surface area (Å²) in [6.07, 6.45) is 2.67. The van der Waals surface area contributed by atoms with Gasteiger partial charge in [0.25, 0.3) is 0 Å². The molecule has 0 heterocycles. The minimum atomic E-state index is -0.391. The molecule has 0 aliphatic rings. The molecule has 3 rings (SSSR count). The van der Waals surface area contributed by atoms with Crippen LogP contribution in [-0.4, -0.2) is 11.9 Å².